The zero-order valence-corrected chi connectivity index (χ0v) is 12.6. The number of rotatable bonds is 6. The van der Waals surface area contributed by atoms with E-state index in [-0.39, 0.29) is 6.61 Å². The summed E-state index contributed by atoms with van der Waals surface area (Å²) in [6, 6.07) is 5.16. The SMILES string of the molecule is CC(C)C(CCO)NC1CCN(c2ccncc2)CC1. The van der Waals surface area contributed by atoms with Crippen molar-refractivity contribution in [3.05, 3.63) is 24.5 Å². The quantitative estimate of drug-likeness (QED) is 0.835. The molecule has 0 aliphatic carbocycles. The molecule has 20 heavy (non-hydrogen) atoms. The summed E-state index contributed by atoms with van der Waals surface area (Å²) in [6.07, 6.45) is 6.89. The van der Waals surface area contributed by atoms with E-state index in [0.29, 0.717) is 18.0 Å². The number of aromatic nitrogens is 1. The van der Waals surface area contributed by atoms with E-state index in [9.17, 15) is 0 Å². The molecule has 1 aromatic heterocycles. The number of hydrogen-bond acceptors (Lipinski definition) is 4. The molecule has 0 saturated carbocycles. The van der Waals surface area contributed by atoms with Gasteiger partial charge in [0.15, 0.2) is 0 Å². The second-order valence-corrected chi connectivity index (χ2v) is 6.00. The molecular formula is C16H27N3O. The van der Waals surface area contributed by atoms with Crippen molar-refractivity contribution in [1.29, 1.82) is 0 Å². The fourth-order valence-electron chi connectivity index (χ4n) is 2.91. The highest BCUT2D eigenvalue weighted by Gasteiger charge is 2.23. The van der Waals surface area contributed by atoms with E-state index in [0.717, 1.165) is 32.4 Å². The van der Waals surface area contributed by atoms with Crippen molar-refractivity contribution in [2.24, 2.45) is 5.92 Å². The van der Waals surface area contributed by atoms with Crippen LogP contribution in [0.1, 0.15) is 33.1 Å². The summed E-state index contributed by atoms with van der Waals surface area (Å²) in [5.41, 5.74) is 1.27. The fourth-order valence-corrected chi connectivity index (χ4v) is 2.91. The maximum absolute atomic E-state index is 9.15. The van der Waals surface area contributed by atoms with Gasteiger partial charge in [0, 0.05) is 49.9 Å². The molecule has 1 aliphatic rings. The number of nitrogens with one attached hydrogen (secondary N) is 1. The molecule has 1 atom stereocenters. The predicted molar refractivity (Wildman–Crippen MR) is 82.9 cm³/mol. The van der Waals surface area contributed by atoms with Gasteiger partial charge in [-0.15, -0.1) is 0 Å². The Morgan fingerprint density at radius 1 is 1.30 bits per heavy atom. The van der Waals surface area contributed by atoms with E-state index in [1.54, 1.807) is 0 Å². The van der Waals surface area contributed by atoms with Crippen molar-refractivity contribution >= 4 is 5.69 Å². The minimum absolute atomic E-state index is 0.270. The summed E-state index contributed by atoms with van der Waals surface area (Å²) in [7, 11) is 0. The van der Waals surface area contributed by atoms with Crippen LogP contribution in [0.5, 0.6) is 0 Å². The Kier molecular flexibility index (Phi) is 5.80. The van der Waals surface area contributed by atoms with Crippen molar-refractivity contribution in [3.63, 3.8) is 0 Å². The highest BCUT2D eigenvalue weighted by Crippen LogP contribution is 2.20. The van der Waals surface area contributed by atoms with Gasteiger partial charge in [-0.25, -0.2) is 0 Å². The Morgan fingerprint density at radius 3 is 2.50 bits per heavy atom. The second kappa shape index (κ2) is 7.60. The number of aliphatic hydroxyl groups is 1. The molecule has 0 radical (unpaired) electrons. The van der Waals surface area contributed by atoms with Crippen LogP contribution < -0.4 is 10.2 Å². The molecule has 2 rings (SSSR count). The molecule has 2 N–H and O–H groups in total. The zero-order valence-electron chi connectivity index (χ0n) is 12.6. The second-order valence-electron chi connectivity index (χ2n) is 6.00. The average molecular weight is 277 g/mol. The molecule has 0 aromatic carbocycles. The van der Waals surface area contributed by atoms with Gasteiger partial charge in [-0.1, -0.05) is 13.8 Å². The Hall–Kier alpha value is -1.13. The maximum atomic E-state index is 9.15. The number of piperidine rings is 1. The first-order valence-corrected chi connectivity index (χ1v) is 7.72. The lowest BCUT2D eigenvalue weighted by Crippen LogP contribution is -2.48. The third-order valence-electron chi connectivity index (χ3n) is 4.22. The van der Waals surface area contributed by atoms with Gasteiger partial charge in [-0.3, -0.25) is 4.98 Å². The van der Waals surface area contributed by atoms with Gasteiger partial charge in [0.2, 0.25) is 0 Å². The van der Waals surface area contributed by atoms with Gasteiger partial charge in [0.1, 0.15) is 0 Å². The predicted octanol–water partition coefficient (Wildman–Crippen LogP) is 2.05. The van der Waals surface area contributed by atoms with Gasteiger partial charge >= 0.3 is 0 Å². The summed E-state index contributed by atoms with van der Waals surface area (Å²) in [4.78, 5) is 6.50. The lowest BCUT2D eigenvalue weighted by molar-refractivity contribution is 0.227. The largest absolute Gasteiger partial charge is 0.396 e. The van der Waals surface area contributed by atoms with E-state index in [1.807, 2.05) is 12.4 Å². The number of nitrogens with zero attached hydrogens (tertiary/aromatic N) is 2. The minimum Gasteiger partial charge on any atom is -0.396 e. The van der Waals surface area contributed by atoms with Gasteiger partial charge in [-0.05, 0) is 37.3 Å². The topological polar surface area (TPSA) is 48.4 Å². The lowest BCUT2D eigenvalue weighted by Gasteiger charge is -2.36. The van der Waals surface area contributed by atoms with Crippen LogP contribution in [0.4, 0.5) is 5.69 Å². The molecular weight excluding hydrogens is 250 g/mol. The highest BCUT2D eigenvalue weighted by molar-refractivity contribution is 5.44. The van der Waals surface area contributed by atoms with Gasteiger partial charge in [-0.2, -0.15) is 0 Å². The van der Waals surface area contributed by atoms with Crippen LogP contribution in [0.25, 0.3) is 0 Å². The Balaban J connectivity index is 1.82. The van der Waals surface area contributed by atoms with E-state index in [4.69, 9.17) is 5.11 Å². The summed E-state index contributed by atoms with van der Waals surface area (Å²) in [6.45, 7) is 6.89. The average Bonchev–Trinajstić information content (AvgIpc) is 2.48. The Morgan fingerprint density at radius 2 is 1.95 bits per heavy atom. The zero-order chi connectivity index (χ0) is 14.4. The number of pyridine rings is 1. The monoisotopic (exact) mass is 277 g/mol. The molecule has 1 aromatic rings. The fraction of sp³-hybridized carbons (Fsp3) is 0.688. The maximum Gasteiger partial charge on any atom is 0.0445 e. The number of anilines is 1. The molecule has 2 heterocycles. The van der Waals surface area contributed by atoms with Crippen molar-refractivity contribution in [2.75, 3.05) is 24.6 Å². The molecule has 1 saturated heterocycles. The van der Waals surface area contributed by atoms with Gasteiger partial charge in [0.05, 0.1) is 0 Å². The molecule has 0 bridgehead atoms. The smallest absolute Gasteiger partial charge is 0.0445 e. The molecule has 1 fully saturated rings. The lowest BCUT2D eigenvalue weighted by atomic mass is 9.97. The van der Waals surface area contributed by atoms with Crippen LogP contribution in [-0.4, -0.2) is 41.9 Å². The summed E-state index contributed by atoms with van der Waals surface area (Å²) >= 11 is 0. The van der Waals surface area contributed by atoms with Crippen LogP contribution in [0.15, 0.2) is 24.5 Å². The van der Waals surface area contributed by atoms with Crippen LogP contribution >= 0.6 is 0 Å². The first-order valence-electron chi connectivity index (χ1n) is 7.72. The third-order valence-corrected chi connectivity index (χ3v) is 4.22. The van der Waals surface area contributed by atoms with Gasteiger partial charge < -0.3 is 15.3 Å². The highest BCUT2D eigenvalue weighted by atomic mass is 16.3. The van der Waals surface area contributed by atoms with Crippen molar-refractivity contribution in [3.8, 4) is 0 Å². The molecule has 1 unspecified atom stereocenters. The molecule has 112 valence electrons. The van der Waals surface area contributed by atoms with Gasteiger partial charge in [0.25, 0.3) is 0 Å². The molecule has 0 amide bonds. The van der Waals surface area contributed by atoms with Crippen LogP contribution in [0.3, 0.4) is 0 Å². The van der Waals surface area contributed by atoms with Crippen molar-refractivity contribution in [2.45, 2.75) is 45.2 Å². The first kappa shape index (κ1) is 15.3. The third kappa shape index (κ3) is 4.18. The number of hydrogen-bond donors (Lipinski definition) is 2. The Labute approximate surface area is 122 Å². The van der Waals surface area contributed by atoms with E-state index >= 15 is 0 Å². The van der Waals surface area contributed by atoms with Crippen molar-refractivity contribution < 1.29 is 5.11 Å². The number of aliphatic hydroxyl groups excluding tert-OH is 1. The molecule has 4 nitrogen and oxygen atoms in total. The van der Waals surface area contributed by atoms with Crippen LogP contribution in [-0.2, 0) is 0 Å². The van der Waals surface area contributed by atoms with E-state index in [1.165, 1.54) is 5.69 Å². The molecule has 0 spiro atoms. The van der Waals surface area contributed by atoms with E-state index < -0.39 is 0 Å². The Bertz CT molecular complexity index is 375. The molecule has 4 heteroatoms. The molecule has 1 aliphatic heterocycles. The summed E-state index contributed by atoms with van der Waals surface area (Å²) in [5.74, 6) is 0.570. The normalized spacial score (nSPS) is 18.5. The summed E-state index contributed by atoms with van der Waals surface area (Å²) in [5, 5.41) is 12.9. The first-order chi connectivity index (χ1) is 9.70. The van der Waals surface area contributed by atoms with Crippen LogP contribution in [0.2, 0.25) is 0 Å². The van der Waals surface area contributed by atoms with E-state index in [2.05, 4.69) is 41.2 Å². The summed E-state index contributed by atoms with van der Waals surface area (Å²) < 4.78 is 0. The minimum atomic E-state index is 0.270. The standard InChI is InChI=1S/C16H27N3O/c1-13(2)16(7-12-20)18-14-5-10-19(11-6-14)15-3-8-17-9-4-15/h3-4,8-9,13-14,16,18,20H,5-7,10-12H2,1-2H3. The van der Waals surface area contributed by atoms with Crippen molar-refractivity contribution in [1.82, 2.24) is 10.3 Å². The van der Waals surface area contributed by atoms with Crippen LogP contribution in [0, 0.1) is 5.92 Å².